The van der Waals surface area contributed by atoms with Crippen molar-refractivity contribution in [1.29, 1.82) is 0 Å². The van der Waals surface area contributed by atoms with Crippen molar-refractivity contribution in [2.45, 2.75) is 51.1 Å². The molecule has 0 N–H and O–H groups in total. The average molecular weight is 360 g/mol. The second kappa shape index (κ2) is 7.12. The van der Waals surface area contributed by atoms with Gasteiger partial charge in [-0.2, -0.15) is 4.80 Å². The summed E-state index contributed by atoms with van der Waals surface area (Å²) < 4.78 is 0. The molecule has 1 aliphatic carbocycles. The van der Waals surface area contributed by atoms with Crippen LogP contribution in [0.15, 0.2) is 24.3 Å². The zero-order valence-corrected chi connectivity index (χ0v) is 14.9. The van der Waals surface area contributed by atoms with Crippen molar-refractivity contribution in [1.82, 2.24) is 25.1 Å². The molecule has 2 heterocycles. The Bertz CT molecular complexity index is 742. The third kappa shape index (κ3) is 3.54. The molecule has 1 aromatic carbocycles. The second-order valence-electron chi connectivity index (χ2n) is 6.99. The largest absolute Gasteiger partial charge is 0.338 e. The highest BCUT2D eigenvalue weighted by Gasteiger charge is 2.35. The number of piperidine rings is 1. The van der Waals surface area contributed by atoms with Crippen LogP contribution < -0.4 is 0 Å². The predicted octanol–water partition coefficient (Wildman–Crippen LogP) is 3.17. The smallest absolute Gasteiger partial charge is 0.246 e. The Hall–Kier alpha value is -1.95. The highest BCUT2D eigenvalue weighted by atomic mass is 35.5. The van der Waals surface area contributed by atoms with Crippen molar-refractivity contribution in [3.63, 3.8) is 0 Å². The molecule has 1 aromatic heterocycles. The van der Waals surface area contributed by atoms with E-state index < -0.39 is 0 Å². The van der Waals surface area contributed by atoms with E-state index in [1.165, 1.54) is 30.5 Å². The second-order valence-corrected chi connectivity index (χ2v) is 7.43. The zero-order chi connectivity index (χ0) is 17.2. The van der Waals surface area contributed by atoms with Crippen molar-refractivity contribution < 1.29 is 4.79 Å². The first kappa shape index (κ1) is 16.5. The lowest BCUT2D eigenvalue weighted by molar-refractivity contribution is -0.138. The Balaban J connectivity index is 1.45. The first-order chi connectivity index (χ1) is 12.2. The number of rotatable bonds is 3. The van der Waals surface area contributed by atoms with Crippen molar-refractivity contribution in [2.24, 2.45) is 5.92 Å². The molecule has 2 fully saturated rings. The standard InChI is InChI=1S/C18H22ClN5O/c19-15-9-7-14(8-10-15)18-20-22-24(21-18)12-17(25)23-11-3-5-13-4-1-2-6-16(13)23/h7-10,13,16H,1-6,11-12H2. The number of aromatic nitrogens is 4. The van der Waals surface area contributed by atoms with Crippen molar-refractivity contribution >= 4 is 17.5 Å². The van der Waals surface area contributed by atoms with Crippen molar-refractivity contribution in [3.8, 4) is 11.4 Å². The summed E-state index contributed by atoms with van der Waals surface area (Å²) in [6.45, 7) is 1.02. The Labute approximate surface area is 152 Å². The number of tetrazole rings is 1. The third-order valence-electron chi connectivity index (χ3n) is 5.40. The number of fused-ring (bicyclic) bond motifs is 1. The van der Waals surface area contributed by atoms with Gasteiger partial charge in [-0.05, 0) is 61.1 Å². The van der Waals surface area contributed by atoms with Crippen LogP contribution in [-0.2, 0) is 11.3 Å². The van der Waals surface area contributed by atoms with Crippen LogP contribution in [0.2, 0.25) is 5.02 Å². The molecular weight excluding hydrogens is 338 g/mol. The fraction of sp³-hybridized carbons (Fsp3) is 0.556. The molecule has 25 heavy (non-hydrogen) atoms. The lowest BCUT2D eigenvalue weighted by Crippen LogP contribution is -2.50. The highest BCUT2D eigenvalue weighted by molar-refractivity contribution is 6.30. The van der Waals surface area contributed by atoms with Crippen LogP contribution in [0, 0.1) is 5.92 Å². The Morgan fingerprint density at radius 1 is 1.12 bits per heavy atom. The number of hydrogen-bond donors (Lipinski definition) is 0. The number of hydrogen-bond acceptors (Lipinski definition) is 4. The van der Waals surface area contributed by atoms with E-state index in [1.807, 2.05) is 12.1 Å². The molecule has 0 radical (unpaired) electrons. The van der Waals surface area contributed by atoms with E-state index in [9.17, 15) is 4.79 Å². The summed E-state index contributed by atoms with van der Waals surface area (Å²) in [7, 11) is 0. The summed E-state index contributed by atoms with van der Waals surface area (Å²) in [5.41, 5.74) is 0.841. The van der Waals surface area contributed by atoms with Crippen LogP contribution in [0.3, 0.4) is 0 Å². The van der Waals surface area contributed by atoms with Crippen LogP contribution in [0.25, 0.3) is 11.4 Å². The summed E-state index contributed by atoms with van der Waals surface area (Å²) in [6, 6.07) is 7.69. The molecule has 2 aromatic rings. The lowest BCUT2D eigenvalue weighted by atomic mass is 9.78. The number of halogens is 1. The minimum atomic E-state index is 0.108. The molecule has 2 aliphatic rings. The molecule has 4 rings (SSSR count). The maximum Gasteiger partial charge on any atom is 0.246 e. The molecule has 1 saturated carbocycles. The number of carbonyl (C=O) groups is 1. The van der Waals surface area contributed by atoms with Gasteiger partial charge in [0.05, 0.1) is 0 Å². The summed E-state index contributed by atoms with van der Waals surface area (Å²) in [4.78, 5) is 16.3. The molecule has 1 saturated heterocycles. The maximum atomic E-state index is 12.8. The van der Waals surface area contributed by atoms with Crippen molar-refractivity contribution in [3.05, 3.63) is 29.3 Å². The Morgan fingerprint density at radius 2 is 1.88 bits per heavy atom. The van der Waals surface area contributed by atoms with Gasteiger partial charge in [-0.3, -0.25) is 4.79 Å². The summed E-state index contributed by atoms with van der Waals surface area (Å²) >= 11 is 5.90. The van der Waals surface area contributed by atoms with Crippen LogP contribution in [0.1, 0.15) is 38.5 Å². The molecule has 0 spiro atoms. The average Bonchev–Trinajstić information content (AvgIpc) is 3.10. The van der Waals surface area contributed by atoms with E-state index in [1.54, 1.807) is 12.1 Å². The van der Waals surface area contributed by atoms with Crippen molar-refractivity contribution in [2.75, 3.05) is 6.54 Å². The molecule has 6 nitrogen and oxygen atoms in total. The predicted molar refractivity (Wildman–Crippen MR) is 95.0 cm³/mol. The van der Waals surface area contributed by atoms with Gasteiger partial charge in [0.2, 0.25) is 11.7 Å². The quantitative estimate of drug-likeness (QED) is 0.844. The van der Waals surface area contributed by atoms with Crippen LogP contribution in [-0.4, -0.2) is 43.6 Å². The zero-order valence-electron chi connectivity index (χ0n) is 14.1. The van der Waals surface area contributed by atoms with E-state index >= 15 is 0 Å². The van der Waals surface area contributed by atoms with Crippen LogP contribution in [0.5, 0.6) is 0 Å². The van der Waals surface area contributed by atoms with E-state index in [4.69, 9.17) is 11.6 Å². The summed E-state index contributed by atoms with van der Waals surface area (Å²) in [5, 5.41) is 13.1. The number of likely N-dealkylation sites (tertiary alicyclic amines) is 1. The molecule has 1 aliphatic heterocycles. The minimum Gasteiger partial charge on any atom is -0.338 e. The fourth-order valence-electron chi connectivity index (χ4n) is 4.17. The lowest BCUT2D eigenvalue weighted by Gasteiger charge is -2.44. The Morgan fingerprint density at radius 3 is 2.72 bits per heavy atom. The van der Waals surface area contributed by atoms with E-state index in [0.29, 0.717) is 22.8 Å². The molecule has 2 unspecified atom stereocenters. The van der Waals surface area contributed by atoms with Gasteiger partial charge in [-0.1, -0.05) is 24.4 Å². The van der Waals surface area contributed by atoms with E-state index in [2.05, 4.69) is 20.3 Å². The highest BCUT2D eigenvalue weighted by Crippen LogP contribution is 2.35. The number of carbonyl (C=O) groups excluding carboxylic acids is 1. The molecular formula is C18H22ClN5O. The van der Waals surface area contributed by atoms with Gasteiger partial charge in [0.25, 0.3) is 0 Å². The molecule has 1 amide bonds. The molecule has 132 valence electrons. The Kier molecular flexibility index (Phi) is 4.70. The summed E-state index contributed by atoms with van der Waals surface area (Å²) in [6.07, 6.45) is 7.30. The van der Waals surface area contributed by atoms with Gasteiger partial charge in [0.15, 0.2) is 0 Å². The van der Waals surface area contributed by atoms with Crippen LogP contribution >= 0.6 is 11.6 Å². The van der Waals surface area contributed by atoms with E-state index in [-0.39, 0.29) is 12.5 Å². The van der Waals surface area contributed by atoms with Gasteiger partial charge in [-0.15, -0.1) is 10.2 Å². The van der Waals surface area contributed by atoms with Gasteiger partial charge in [0, 0.05) is 23.2 Å². The molecule has 7 heteroatoms. The molecule has 2 atom stereocenters. The van der Waals surface area contributed by atoms with Gasteiger partial charge < -0.3 is 4.90 Å². The monoisotopic (exact) mass is 359 g/mol. The maximum absolute atomic E-state index is 12.8. The summed E-state index contributed by atoms with van der Waals surface area (Å²) in [5.74, 6) is 1.30. The molecule has 0 bridgehead atoms. The minimum absolute atomic E-state index is 0.108. The SMILES string of the molecule is O=C(Cn1nnc(-c2ccc(Cl)cc2)n1)N1CCCC2CCCCC21. The number of amides is 1. The van der Waals surface area contributed by atoms with Gasteiger partial charge >= 0.3 is 0 Å². The van der Waals surface area contributed by atoms with Gasteiger partial charge in [-0.25, -0.2) is 0 Å². The first-order valence-electron chi connectivity index (χ1n) is 9.04. The fourth-order valence-corrected chi connectivity index (χ4v) is 4.30. The number of nitrogens with zero attached hydrogens (tertiary/aromatic N) is 5. The van der Waals surface area contributed by atoms with E-state index in [0.717, 1.165) is 24.9 Å². The van der Waals surface area contributed by atoms with Gasteiger partial charge in [0.1, 0.15) is 6.54 Å². The van der Waals surface area contributed by atoms with Crippen LogP contribution in [0.4, 0.5) is 0 Å². The first-order valence-corrected chi connectivity index (χ1v) is 9.42. The normalized spacial score (nSPS) is 23.3. The number of benzene rings is 1. The third-order valence-corrected chi connectivity index (χ3v) is 5.65. The topological polar surface area (TPSA) is 63.9 Å².